The van der Waals surface area contributed by atoms with Crippen LogP contribution in [0.2, 0.25) is 0 Å². The SMILES string of the molecule is C[C@H](O[C@H](C)[C@H](NC(=O)OC(C)(C)C)C(=O)O)C(F)(F)F. The fraction of sp³-hybridized carbons (Fsp3) is 0.833. The summed E-state index contributed by atoms with van der Waals surface area (Å²) in [5.74, 6) is -1.53. The Bertz CT molecular complexity index is 378. The van der Waals surface area contributed by atoms with E-state index in [0.717, 1.165) is 13.8 Å². The number of hydrogen-bond acceptors (Lipinski definition) is 4. The molecule has 0 rings (SSSR count). The zero-order valence-corrected chi connectivity index (χ0v) is 12.4. The van der Waals surface area contributed by atoms with Crippen molar-refractivity contribution in [1.82, 2.24) is 5.32 Å². The molecular formula is C12H20F3NO5. The minimum absolute atomic E-state index is 0.753. The van der Waals surface area contributed by atoms with Crippen molar-refractivity contribution < 1.29 is 37.3 Å². The maximum absolute atomic E-state index is 12.4. The average molecular weight is 315 g/mol. The fourth-order valence-electron chi connectivity index (χ4n) is 1.29. The summed E-state index contributed by atoms with van der Waals surface area (Å²) in [6.07, 6.45) is -9.23. The van der Waals surface area contributed by atoms with Crippen LogP contribution in [0.5, 0.6) is 0 Å². The highest BCUT2D eigenvalue weighted by atomic mass is 19.4. The number of rotatable bonds is 5. The smallest absolute Gasteiger partial charge is 0.414 e. The van der Waals surface area contributed by atoms with E-state index in [9.17, 15) is 22.8 Å². The molecule has 124 valence electrons. The lowest BCUT2D eigenvalue weighted by Gasteiger charge is -2.27. The molecule has 0 saturated heterocycles. The van der Waals surface area contributed by atoms with E-state index in [2.05, 4.69) is 4.74 Å². The average Bonchev–Trinajstić information content (AvgIpc) is 2.21. The van der Waals surface area contributed by atoms with Crippen molar-refractivity contribution in [2.45, 2.75) is 64.6 Å². The van der Waals surface area contributed by atoms with Crippen molar-refractivity contribution in [1.29, 1.82) is 0 Å². The monoisotopic (exact) mass is 315 g/mol. The molecular weight excluding hydrogens is 295 g/mol. The Hall–Kier alpha value is -1.51. The molecule has 1 amide bonds. The fourth-order valence-corrected chi connectivity index (χ4v) is 1.29. The van der Waals surface area contributed by atoms with Crippen LogP contribution in [0, 0.1) is 0 Å². The number of alkyl carbamates (subject to hydrolysis) is 1. The highest BCUT2D eigenvalue weighted by Gasteiger charge is 2.40. The van der Waals surface area contributed by atoms with Crippen LogP contribution >= 0.6 is 0 Å². The first-order chi connectivity index (χ1) is 9.24. The summed E-state index contributed by atoms with van der Waals surface area (Å²) in [5, 5.41) is 11.0. The molecule has 0 aliphatic carbocycles. The van der Waals surface area contributed by atoms with Gasteiger partial charge in [0.2, 0.25) is 0 Å². The van der Waals surface area contributed by atoms with Crippen molar-refractivity contribution in [2.24, 2.45) is 0 Å². The van der Waals surface area contributed by atoms with Gasteiger partial charge in [0.25, 0.3) is 0 Å². The van der Waals surface area contributed by atoms with Gasteiger partial charge in [0.15, 0.2) is 12.1 Å². The summed E-state index contributed by atoms with van der Waals surface area (Å²) in [6, 6.07) is -1.66. The lowest BCUT2D eigenvalue weighted by Crippen LogP contribution is -2.51. The molecule has 9 heteroatoms. The van der Waals surface area contributed by atoms with E-state index < -0.39 is 42.1 Å². The third kappa shape index (κ3) is 7.74. The molecule has 0 saturated carbocycles. The van der Waals surface area contributed by atoms with Crippen molar-refractivity contribution >= 4 is 12.1 Å². The third-order valence-electron chi connectivity index (χ3n) is 2.29. The minimum Gasteiger partial charge on any atom is -0.480 e. The molecule has 0 aromatic rings. The summed E-state index contributed by atoms with van der Waals surface area (Å²) in [7, 11) is 0. The second-order valence-electron chi connectivity index (χ2n) is 5.49. The molecule has 0 aliphatic heterocycles. The first-order valence-electron chi connectivity index (χ1n) is 6.18. The van der Waals surface area contributed by atoms with Gasteiger partial charge in [-0.1, -0.05) is 0 Å². The van der Waals surface area contributed by atoms with Crippen LogP contribution in [-0.2, 0) is 14.3 Å². The van der Waals surface area contributed by atoms with Gasteiger partial charge in [-0.2, -0.15) is 13.2 Å². The van der Waals surface area contributed by atoms with E-state index in [-0.39, 0.29) is 0 Å². The van der Waals surface area contributed by atoms with Crippen molar-refractivity contribution in [3.63, 3.8) is 0 Å². The van der Waals surface area contributed by atoms with Gasteiger partial charge in [-0.05, 0) is 34.6 Å². The highest BCUT2D eigenvalue weighted by molar-refractivity contribution is 5.80. The number of aliphatic carboxylic acids is 1. The molecule has 0 unspecified atom stereocenters. The van der Waals surface area contributed by atoms with Gasteiger partial charge in [-0.15, -0.1) is 0 Å². The van der Waals surface area contributed by atoms with Crippen molar-refractivity contribution in [2.75, 3.05) is 0 Å². The number of amides is 1. The second kappa shape index (κ2) is 6.97. The predicted octanol–water partition coefficient (Wildman–Crippen LogP) is 2.32. The highest BCUT2D eigenvalue weighted by Crippen LogP contribution is 2.24. The van der Waals surface area contributed by atoms with Crippen LogP contribution in [0.1, 0.15) is 34.6 Å². The quantitative estimate of drug-likeness (QED) is 0.813. The van der Waals surface area contributed by atoms with Gasteiger partial charge < -0.3 is 19.9 Å². The molecule has 0 aromatic heterocycles. The predicted molar refractivity (Wildman–Crippen MR) is 66.9 cm³/mol. The standard InChI is InChI=1S/C12H20F3NO5/c1-6(20-7(2)12(13,14)15)8(9(17)18)16-10(19)21-11(3,4)5/h6-8H,1-5H3,(H,16,19)(H,17,18)/t6-,7+,8+/m1/s1. The zero-order valence-electron chi connectivity index (χ0n) is 12.4. The summed E-state index contributed by atoms with van der Waals surface area (Å²) in [4.78, 5) is 22.5. The maximum atomic E-state index is 12.4. The summed E-state index contributed by atoms with van der Waals surface area (Å²) in [5.41, 5.74) is -0.865. The van der Waals surface area contributed by atoms with Crippen LogP contribution < -0.4 is 5.32 Å². The lowest BCUT2D eigenvalue weighted by molar-refractivity contribution is -0.228. The molecule has 0 spiro atoms. The summed E-state index contributed by atoms with van der Waals surface area (Å²) >= 11 is 0. The Morgan fingerprint density at radius 2 is 1.62 bits per heavy atom. The normalized spacial score (nSPS) is 16.8. The zero-order chi connectivity index (χ0) is 17.0. The molecule has 3 atom stereocenters. The third-order valence-corrected chi connectivity index (χ3v) is 2.29. The van der Waals surface area contributed by atoms with Crippen LogP contribution in [0.3, 0.4) is 0 Å². The van der Waals surface area contributed by atoms with Crippen LogP contribution in [0.4, 0.5) is 18.0 Å². The van der Waals surface area contributed by atoms with Crippen molar-refractivity contribution in [3.8, 4) is 0 Å². The van der Waals surface area contributed by atoms with Gasteiger partial charge in [0.1, 0.15) is 5.60 Å². The Morgan fingerprint density at radius 3 is 1.95 bits per heavy atom. The molecule has 0 bridgehead atoms. The van der Waals surface area contributed by atoms with Gasteiger partial charge in [-0.3, -0.25) is 0 Å². The Labute approximate surface area is 120 Å². The number of hydrogen-bond donors (Lipinski definition) is 2. The van der Waals surface area contributed by atoms with E-state index >= 15 is 0 Å². The Kier molecular flexibility index (Phi) is 6.47. The molecule has 0 aliphatic rings. The largest absolute Gasteiger partial charge is 0.480 e. The van der Waals surface area contributed by atoms with Crippen LogP contribution in [0.25, 0.3) is 0 Å². The second-order valence-corrected chi connectivity index (χ2v) is 5.49. The number of halogens is 3. The van der Waals surface area contributed by atoms with E-state index in [0.29, 0.717) is 0 Å². The molecule has 0 radical (unpaired) electrons. The van der Waals surface area contributed by atoms with E-state index in [1.165, 1.54) is 0 Å². The maximum Gasteiger partial charge on any atom is 0.414 e. The topological polar surface area (TPSA) is 84.9 Å². The minimum atomic E-state index is -4.62. The van der Waals surface area contributed by atoms with E-state index in [1.807, 2.05) is 5.32 Å². The van der Waals surface area contributed by atoms with Gasteiger partial charge in [0.05, 0.1) is 6.10 Å². The lowest BCUT2D eigenvalue weighted by atomic mass is 10.1. The van der Waals surface area contributed by atoms with E-state index in [4.69, 9.17) is 9.84 Å². The number of alkyl halides is 3. The molecule has 21 heavy (non-hydrogen) atoms. The van der Waals surface area contributed by atoms with Crippen LogP contribution in [0.15, 0.2) is 0 Å². The number of carbonyl (C=O) groups excluding carboxylic acids is 1. The number of ether oxygens (including phenoxy) is 2. The first kappa shape index (κ1) is 19.5. The number of carboxylic acid groups (broad SMARTS) is 1. The Morgan fingerprint density at radius 1 is 1.14 bits per heavy atom. The molecule has 6 nitrogen and oxygen atoms in total. The molecule has 0 fully saturated rings. The van der Waals surface area contributed by atoms with Gasteiger partial charge in [-0.25, -0.2) is 9.59 Å². The Balaban J connectivity index is 4.76. The molecule has 0 aromatic carbocycles. The first-order valence-corrected chi connectivity index (χ1v) is 6.18. The van der Waals surface area contributed by atoms with Crippen LogP contribution in [-0.4, -0.2) is 47.2 Å². The number of carboxylic acids is 1. The molecule has 0 heterocycles. The summed E-state index contributed by atoms with van der Waals surface area (Å²) in [6.45, 7) is 6.57. The van der Waals surface area contributed by atoms with Gasteiger partial charge >= 0.3 is 18.2 Å². The van der Waals surface area contributed by atoms with Gasteiger partial charge in [0, 0.05) is 0 Å². The molecule has 2 N–H and O–H groups in total. The van der Waals surface area contributed by atoms with Crippen molar-refractivity contribution in [3.05, 3.63) is 0 Å². The summed E-state index contributed by atoms with van der Waals surface area (Å²) < 4.78 is 46.6. The van der Waals surface area contributed by atoms with E-state index in [1.54, 1.807) is 20.8 Å². The number of carbonyl (C=O) groups is 2. The number of nitrogens with one attached hydrogen (secondary N) is 1.